The molecular formula is C23H32N2O2Zn. The zero-order chi connectivity index (χ0) is 20.6. The van der Waals surface area contributed by atoms with Crippen LogP contribution in [-0.2, 0) is 24.3 Å². The standard InChI is InChI=1S/C21H28N2.C2H4O2.Zn/c1-14-9-7-10-15(2)20(14)22-18(5)13-19(6)23-21-16(3)11-8-12-17(21)4;1-2(3)4;/h7-12,18-19H,13H2,1-6H3;1H3,(H,3,4);/q-2;;+2. The van der Waals surface area contributed by atoms with Crippen LogP contribution in [0, 0.1) is 27.7 Å². The summed E-state index contributed by atoms with van der Waals surface area (Å²) < 4.78 is 0. The minimum Gasteiger partial charge on any atom is -0.681 e. The minimum atomic E-state index is -0.833. The Hall–Kier alpha value is -1.87. The predicted molar refractivity (Wildman–Crippen MR) is 115 cm³/mol. The van der Waals surface area contributed by atoms with Gasteiger partial charge >= 0.3 is 19.5 Å². The molecule has 2 unspecified atom stereocenters. The average molecular weight is 434 g/mol. The van der Waals surface area contributed by atoms with Crippen LogP contribution >= 0.6 is 0 Å². The summed E-state index contributed by atoms with van der Waals surface area (Å²) in [5.41, 5.74) is 7.26. The molecule has 0 saturated heterocycles. The predicted octanol–water partition coefficient (Wildman–Crippen LogP) is 6.89. The van der Waals surface area contributed by atoms with Gasteiger partial charge in [-0.15, -0.1) is 23.5 Å². The minimum absolute atomic E-state index is 0. The summed E-state index contributed by atoms with van der Waals surface area (Å²) >= 11 is 0. The number of aliphatic carboxylic acids is 1. The van der Waals surface area contributed by atoms with Crippen molar-refractivity contribution in [1.29, 1.82) is 0 Å². The molecule has 2 atom stereocenters. The number of carboxylic acid groups (broad SMARTS) is 1. The number of aryl methyl sites for hydroxylation is 4. The first-order valence-electron chi connectivity index (χ1n) is 9.35. The maximum absolute atomic E-state index is 9.00. The molecule has 5 heteroatoms. The summed E-state index contributed by atoms with van der Waals surface area (Å²) in [6.07, 6.45) is 0.960. The van der Waals surface area contributed by atoms with Crippen LogP contribution in [0.2, 0.25) is 0 Å². The van der Waals surface area contributed by atoms with Gasteiger partial charge in [0.05, 0.1) is 0 Å². The molecule has 0 amide bonds. The smallest absolute Gasteiger partial charge is 0.681 e. The fourth-order valence-electron chi connectivity index (χ4n) is 3.06. The van der Waals surface area contributed by atoms with Crippen LogP contribution in [0.25, 0.3) is 10.6 Å². The third-order valence-corrected chi connectivity index (χ3v) is 4.26. The molecule has 4 nitrogen and oxygen atoms in total. The maximum atomic E-state index is 9.00. The molecule has 0 bridgehead atoms. The summed E-state index contributed by atoms with van der Waals surface area (Å²) in [6.45, 7) is 14.0. The van der Waals surface area contributed by atoms with Gasteiger partial charge in [-0.25, -0.2) is 0 Å². The summed E-state index contributed by atoms with van der Waals surface area (Å²) in [7, 11) is 0. The molecule has 1 N–H and O–H groups in total. The number of carbonyl (C=O) groups is 1. The van der Waals surface area contributed by atoms with Crippen LogP contribution in [0.3, 0.4) is 0 Å². The van der Waals surface area contributed by atoms with Crippen molar-refractivity contribution >= 4 is 17.3 Å². The Bertz CT molecular complexity index is 660. The molecule has 0 aliphatic heterocycles. The SMILES string of the molecule is CC(=O)O.Cc1cccc(C)c1[N-]C(C)CC(C)[N-]c1c(C)cccc1C.[Zn+2]. The van der Waals surface area contributed by atoms with Crippen molar-refractivity contribution in [2.75, 3.05) is 0 Å². The molecule has 0 saturated carbocycles. The van der Waals surface area contributed by atoms with Crippen molar-refractivity contribution in [2.45, 2.75) is 67.0 Å². The monoisotopic (exact) mass is 432 g/mol. The van der Waals surface area contributed by atoms with Gasteiger partial charge in [0.15, 0.2) is 0 Å². The van der Waals surface area contributed by atoms with E-state index in [1.165, 1.54) is 22.3 Å². The van der Waals surface area contributed by atoms with Gasteiger partial charge in [-0.05, 0) is 27.7 Å². The second kappa shape index (κ2) is 12.6. The number of carboxylic acids is 1. The van der Waals surface area contributed by atoms with E-state index in [4.69, 9.17) is 20.5 Å². The molecule has 0 radical (unpaired) electrons. The van der Waals surface area contributed by atoms with E-state index in [2.05, 4.69) is 77.9 Å². The summed E-state index contributed by atoms with van der Waals surface area (Å²) in [5.74, 6) is -0.833. The van der Waals surface area contributed by atoms with E-state index in [0.29, 0.717) is 0 Å². The van der Waals surface area contributed by atoms with E-state index >= 15 is 0 Å². The first-order chi connectivity index (χ1) is 12.6. The molecule has 2 aromatic carbocycles. The Balaban J connectivity index is 0.00000133. The van der Waals surface area contributed by atoms with Gasteiger partial charge in [0.1, 0.15) is 0 Å². The number of hydrogen-bond acceptors (Lipinski definition) is 1. The third-order valence-electron chi connectivity index (χ3n) is 4.26. The van der Waals surface area contributed by atoms with Gasteiger partial charge in [0, 0.05) is 6.92 Å². The van der Waals surface area contributed by atoms with Gasteiger partial charge < -0.3 is 15.7 Å². The normalized spacial score (nSPS) is 12.0. The van der Waals surface area contributed by atoms with Crippen molar-refractivity contribution in [2.24, 2.45) is 0 Å². The molecule has 0 aromatic heterocycles. The van der Waals surface area contributed by atoms with E-state index < -0.39 is 5.97 Å². The van der Waals surface area contributed by atoms with E-state index in [0.717, 1.165) is 24.7 Å². The van der Waals surface area contributed by atoms with Crippen molar-refractivity contribution < 1.29 is 29.4 Å². The van der Waals surface area contributed by atoms with E-state index in [1.54, 1.807) is 0 Å². The molecule has 28 heavy (non-hydrogen) atoms. The van der Waals surface area contributed by atoms with Crippen LogP contribution < -0.4 is 0 Å². The molecule has 2 aromatic rings. The van der Waals surface area contributed by atoms with E-state index in [9.17, 15) is 0 Å². The summed E-state index contributed by atoms with van der Waals surface area (Å²) in [6, 6.07) is 13.2. The molecule has 2 rings (SSSR count). The second-order valence-corrected chi connectivity index (χ2v) is 7.19. The van der Waals surface area contributed by atoms with Crippen molar-refractivity contribution in [3.63, 3.8) is 0 Å². The van der Waals surface area contributed by atoms with Crippen LogP contribution in [-0.4, -0.2) is 23.2 Å². The van der Waals surface area contributed by atoms with Crippen LogP contribution in [0.1, 0.15) is 49.4 Å². The number of rotatable bonds is 6. The molecule has 0 aliphatic rings. The van der Waals surface area contributed by atoms with E-state index in [-0.39, 0.29) is 31.6 Å². The number of nitrogens with zero attached hydrogens (tertiary/aromatic N) is 2. The quantitative estimate of drug-likeness (QED) is 0.504. The fourth-order valence-corrected chi connectivity index (χ4v) is 3.06. The first kappa shape index (κ1) is 26.1. The first-order valence-corrected chi connectivity index (χ1v) is 9.35. The Morgan fingerprint density at radius 1 is 0.821 bits per heavy atom. The van der Waals surface area contributed by atoms with Gasteiger partial charge in [0.25, 0.3) is 5.97 Å². The van der Waals surface area contributed by atoms with Crippen LogP contribution in [0.4, 0.5) is 11.4 Å². The van der Waals surface area contributed by atoms with Crippen molar-refractivity contribution in [1.82, 2.24) is 0 Å². The van der Waals surface area contributed by atoms with Crippen molar-refractivity contribution in [3.05, 3.63) is 69.3 Å². The molecule has 0 spiro atoms. The molecule has 0 heterocycles. The van der Waals surface area contributed by atoms with Crippen LogP contribution in [0.15, 0.2) is 36.4 Å². The van der Waals surface area contributed by atoms with Gasteiger partial charge in [-0.3, -0.25) is 4.79 Å². The van der Waals surface area contributed by atoms with Crippen molar-refractivity contribution in [3.8, 4) is 0 Å². The van der Waals surface area contributed by atoms with Gasteiger partial charge in [-0.1, -0.05) is 78.9 Å². The molecule has 0 fully saturated rings. The average Bonchev–Trinajstić information content (AvgIpc) is 2.54. The maximum Gasteiger partial charge on any atom is 2.00 e. The largest absolute Gasteiger partial charge is 2.00 e. The second-order valence-electron chi connectivity index (χ2n) is 7.19. The summed E-state index contributed by atoms with van der Waals surface area (Å²) in [5, 5.41) is 17.3. The zero-order valence-corrected chi connectivity index (χ0v) is 21.3. The number of para-hydroxylation sites is 2. The third kappa shape index (κ3) is 8.88. The van der Waals surface area contributed by atoms with E-state index in [1.807, 2.05) is 0 Å². The number of benzene rings is 2. The Kier molecular flexibility index (Phi) is 11.7. The Labute approximate surface area is 182 Å². The summed E-state index contributed by atoms with van der Waals surface area (Å²) in [4.78, 5) is 9.00. The Morgan fingerprint density at radius 2 is 1.07 bits per heavy atom. The zero-order valence-electron chi connectivity index (χ0n) is 18.3. The number of hydrogen-bond donors (Lipinski definition) is 1. The van der Waals surface area contributed by atoms with Crippen LogP contribution in [0.5, 0.6) is 0 Å². The fraction of sp³-hybridized carbons (Fsp3) is 0.435. The topological polar surface area (TPSA) is 65.5 Å². The van der Waals surface area contributed by atoms with Gasteiger partial charge in [0.2, 0.25) is 0 Å². The molecule has 0 aliphatic carbocycles. The Morgan fingerprint density at radius 3 is 1.32 bits per heavy atom. The molecular weight excluding hydrogens is 402 g/mol. The van der Waals surface area contributed by atoms with Gasteiger partial charge in [-0.2, -0.15) is 0 Å². The molecule has 148 valence electrons.